The zero-order valence-electron chi connectivity index (χ0n) is 17.1. The topological polar surface area (TPSA) is 63.9 Å². The molecule has 0 bridgehead atoms. The van der Waals surface area contributed by atoms with E-state index in [1.165, 1.54) is 25.7 Å². The second-order valence-corrected chi connectivity index (χ2v) is 7.92. The molecule has 1 aliphatic heterocycles. The first kappa shape index (κ1) is 19.8. The van der Waals surface area contributed by atoms with Gasteiger partial charge in [-0.1, -0.05) is 12.8 Å². The summed E-state index contributed by atoms with van der Waals surface area (Å²) in [6.45, 7) is 2.56. The Balaban J connectivity index is 1.32. The highest BCUT2D eigenvalue weighted by Crippen LogP contribution is 2.32. The van der Waals surface area contributed by atoms with Crippen LogP contribution in [0.15, 0.2) is 41.0 Å². The number of likely N-dealkylation sites (tertiary alicyclic amines) is 1. The molecular formula is C23H30N2O4. The predicted molar refractivity (Wildman–Crippen MR) is 110 cm³/mol. The second-order valence-electron chi connectivity index (χ2n) is 7.92. The molecule has 2 aromatic rings. The zero-order chi connectivity index (χ0) is 20.1. The molecule has 0 atom stereocenters. The van der Waals surface area contributed by atoms with Gasteiger partial charge in [0, 0.05) is 24.7 Å². The Morgan fingerprint density at radius 1 is 1.14 bits per heavy atom. The van der Waals surface area contributed by atoms with E-state index in [-0.39, 0.29) is 12.0 Å². The van der Waals surface area contributed by atoms with E-state index in [4.69, 9.17) is 13.9 Å². The molecule has 1 amide bonds. The van der Waals surface area contributed by atoms with Gasteiger partial charge < -0.3 is 24.1 Å². The third-order valence-corrected chi connectivity index (χ3v) is 6.04. The predicted octanol–water partition coefficient (Wildman–Crippen LogP) is 4.00. The number of methoxy groups -OCH3 is 1. The molecule has 4 rings (SSSR count). The minimum atomic E-state index is -0.170. The number of benzene rings is 1. The number of nitrogens with zero attached hydrogens (tertiary/aromatic N) is 1. The molecule has 6 heteroatoms. The van der Waals surface area contributed by atoms with Crippen molar-refractivity contribution in [2.45, 2.75) is 57.2 Å². The molecule has 1 N–H and O–H groups in total. The fourth-order valence-electron chi connectivity index (χ4n) is 4.40. The Bertz CT molecular complexity index is 791. The SMILES string of the molecule is COc1cc(C(=O)NCc2ccco2)ccc1OC1CCN(C2CCCC2)CC1. The zero-order valence-corrected chi connectivity index (χ0v) is 17.1. The maximum atomic E-state index is 12.4. The Labute approximate surface area is 172 Å². The molecule has 1 aromatic carbocycles. The molecule has 1 aromatic heterocycles. The number of hydrogen-bond donors (Lipinski definition) is 1. The van der Waals surface area contributed by atoms with Crippen molar-refractivity contribution in [2.75, 3.05) is 20.2 Å². The van der Waals surface area contributed by atoms with Gasteiger partial charge in [-0.25, -0.2) is 0 Å². The molecule has 29 heavy (non-hydrogen) atoms. The molecule has 1 saturated carbocycles. The van der Waals surface area contributed by atoms with E-state index in [0.717, 1.165) is 32.0 Å². The minimum absolute atomic E-state index is 0.170. The maximum Gasteiger partial charge on any atom is 0.251 e. The summed E-state index contributed by atoms with van der Waals surface area (Å²) in [4.78, 5) is 15.1. The van der Waals surface area contributed by atoms with Gasteiger partial charge in [0.1, 0.15) is 11.9 Å². The largest absolute Gasteiger partial charge is 0.493 e. The first-order valence-corrected chi connectivity index (χ1v) is 10.6. The Morgan fingerprint density at radius 2 is 1.93 bits per heavy atom. The van der Waals surface area contributed by atoms with E-state index in [1.54, 1.807) is 31.6 Å². The molecule has 0 spiro atoms. The molecule has 1 aliphatic carbocycles. The van der Waals surface area contributed by atoms with Gasteiger partial charge in [0.2, 0.25) is 0 Å². The second kappa shape index (κ2) is 9.35. The third-order valence-electron chi connectivity index (χ3n) is 6.04. The van der Waals surface area contributed by atoms with Crippen LogP contribution in [0.25, 0.3) is 0 Å². The third kappa shape index (κ3) is 4.93. The van der Waals surface area contributed by atoms with E-state index in [1.807, 2.05) is 12.1 Å². The summed E-state index contributed by atoms with van der Waals surface area (Å²) in [5.74, 6) is 1.84. The molecule has 2 heterocycles. The van der Waals surface area contributed by atoms with Crippen molar-refractivity contribution in [2.24, 2.45) is 0 Å². The molecule has 2 fully saturated rings. The number of ether oxygens (including phenoxy) is 2. The number of hydrogen-bond acceptors (Lipinski definition) is 5. The quantitative estimate of drug-likeness (QED) is 0.764. The number of piperidine rings is 1. The maximum absolute atomic E-state index is 12.4. The average molecular weight is 399 g/mol. The van der Waals surface area contributed by atoms with Crippen LogP contribution in [0.2, 0.25) is 0 Å². The lowest BCUT2D eigenvalue weighted by Crippen LogP contribution is -2.43. The number of carbonyl (C=O) groups is 1. The van der Waals surface area contributed by atoms with Crippen LogP contribution in [-0.4, -0.2) is 43.2 Å². The van der Waals surface area contributed by atoms with Gasteiger partial charge in [-0.15, -0.1) is 0 Å². The Morgan fingerprint density at radius 3 is 2.62 bits per heavy atom. The van der Waals surface area contributed by atoms with Crippen molar-refractivity contribution < 1.29 is 18.7 Å². The van der Waals surface area contributed by atoms with E-state index < -0.39 is 0 Å². The van der Waals surface area contributed by atoms with Gasteiger partial charge in [0.25, 0.3) is 5.91 Å². The molecule has 2 aliphatic rings. The summed E-state index contributed by atoms with van der Waals surface area (Å²) < 4.78 is 17.0. The summed E-state index contributed by atoms with van der Waals surface area (Å²) in [5.41, 5.74) is 0.539. The van der Waals surface area contributed by atoms with Gasteiger partial charge in [0.05, 0.1) is 19.9 Å². The summed E-state index contributed by atoms with van der Waals surface area (Å²) in [6, 6.07) is 9.77. The highest BCUT2D eigenvalue weighted by Gasteiger charge is 2.28. The molecule has 156 valence electrons. The fraction of sp³-hybridized carbons (Fsp3) is 0.522. The standard InChI is InChI=1S/C23H30N2O4/c1-27-22-15-17(23(26)24-16-20-7-4-14-28-20)8-9-21(22)29-19-10-12-25(13-11-19)18-5-2-3-6-18/h4,7-9,14-15,18-19H,2-3,5-6,10-13,16H2,1H3,(H,24,26). The monoisotopic (exact) mass is 398 g/mol. The summed E-state index contributed by atoms with van der Waals surface area (Å²) in [5, 5.41) is 2.85. The van der Waals surface area contributed by atoms with Crippen LogP contribution in [0.1, 0.15) is 54.6 Å². The lowest BCUT2D eigenvalue weighted by Gasteiger charge is -2.36. The molecule has 0 radical (unpaired) electrons. The van der Waals surface area contributed by atoms with Crippen LogP contribution in [-0.2, 0) is 6.54 Å². The number of rotatable bonds is 7. The van der Waals surface area contributed by atoms with E-state index in [2.05, 4.69) is 10.2 Å². The van der Waals surface area contributed by atoms with Gasteiger partial charge in [-0.05, 0) is 56.0 Å². The van der Waals surface area contributed by atoms with Gasteiger partial charge >= 0.3 is 0 Å². The van der Waals surface area contributed by atoms with Crippen LogP contribution in [0, 0.1) is 0 Å². The van der Waals surface area contributed by atoms with Gasteiger partial charge in [-0.3, -0.25) is 4.79 Å². The van der Waals surface area contributed by atoms with Gasteiger partial charge in [-0.2, -0.15) is 0 Å². The van der Waals surface area contributed by atoms with Crippen LogP contribution >= 0.6 is 0 Å². The van der Waals surface area contributed by atoms with Crippen molar-refractivity contribution in [3.63, 3.8) is 0 Å². The summed E-state index contributed by atoms with van der Waals surface area (Å²) >= 11 is 0. The minimum Gasteiger partial charge on any atom is -0.493 e. The Hall–Kier alpha value is -2.47. The van der Waals surface area contributed by atoms with Crippen LogP contribution in [0.5, 0.6) is 11.5 Å². The summed E-state index contributed by atoms with van der Waals surface area (Å²) in [6.07, 6.45) is 9.30. The number of nitrogens with one attached hydrogen (secondary N) is 1. The van der Waals surface area contributed by atoms with E-state index >= 15 is 0 Å². The van der Waals surface area contributed by atoms with Crippen molar-refractivity contribution in [1.29, 1.82) is 0 Å². The van der Waals surface area contributed by atoms with Crippen LogP contribution in [0.4, 0.5) is 0 Å². The first-order chi connectivity index (χ1) is 14.2. The van der Waals surface area contributed by atoms with Crippen LogP contribution in [0.3, 0.4) is 0 Å². The number of furan rings is 1. The molecule has 1 saturated heterocycles. The Kier molecular flexibility index (Phi) is 6.39. The lowest BCUT2D eigenvalue weighted by molar-refractivity contribution is 0.0750. The normalized spacial score (nSPS) is 18.7. The smallest absolute Gasteiger partial charge is 0.251 e. The molecule has 6 nitrogen and oxygen atoms in total. The lowest BCUT2D eigenvalue weighted by atomic mass is 10.0. The van der Waals surface area contributed by atoms with Crippen molar-refractivity contribution in [3.8, 4) is 11.5 Å². The highest BCUT2D eigenvalue weighted by molar-refractivity contribution is 5.94. The average Bonchev–Trinajstić information content (AvgIpc) is 3.47. The highest BCUT2D eigenvalue weighted by atomic mass is 16.5. The first-order valence-electron chi connectivity index (χ1n) is 10.6. The van der Waals surface area contributed by atoms with Crippen molar-refractivity contribution in [3.05, 3.63) is 47.9 Å². The van der Waals surface area contributed by atoms with Gasteiger partial charge in [0.15, 0.2) is 11.5 Å². The van der Waals surface area contributed by atoms with Crippen molar-refractivity contribution >= 4 is 5.91 Å². The van der Waals surface area contributed by atoms with Crippen LogP contribution < -0.4 is 14.8 Å². The number of amides is 1. The van der Waals surface area contributed by atoms with E-state index in [0.29, 0.717) is 29.4 Å². The molecular weight excluding hydrogens is 368 g/mol. The fourth-order valence-corrected chi connectivity index (χ4v) is 4.40. The van der Waals surface area contributed by atoms with E-state index in [9.17, 15) is 4.79 Å². The molecule has 0 unspecified atom stereocenters. The summed E-state index contributed by atoms with van der Waals surface area (Å²) in [7, 11) is 1.61. The number of carbonyl (C=O) groups excluding carboxylic acids is 1. The van der Waals surface area contributed by atoms with Crippen molar-refractivity contribution in [1.82, 2.24) is 10.2 Å².